The van der Waals surface area contributed by atoms with Crippen molar-refractivity contribution in [3.8, 4) is 0 Å². The Morgan fingerprint density at radius 2 is 1.62 bits per heavy atom. The molecule has 0 saturated carbocycles. The molecule has 3 N–H and O–H groups in total. The molecular formula is C24H21F3N4O3. The Balaban J connectivity index is 0.000000406. The van der Waals surface area contributed by atoms with Crippen LogP contribution in [-0.4, -0.2) is 32.7 Å². The number of halogens is 3. The van der Waals surface area contributed by atoms with Crippen LogP contribution in [0.3, 0.4) is 0 Å². The molecule has 2 aromatic carbocycles. The van der Waals surface area contributed by atoms with Crippen molar-refractivity contribution in [2.75, 3.05) is 10.6 Å². The Bertz CT molecular complexity index is 1270. The summed E-state index contributed by atoms with van der Waals surface area (Å²) in [7, 11) is 2.00. The topological polar surface area (TPSA) is 96.3 Å². The number of carboxylic acids is 1. The first-order valence-electron chi connectivity index (χ1n) is 10.0. The Labute approximate surface area is 192 Å². The van der Waals surface area contributed by atoms with Gasteiger partial charge in [0, 0.05) is 41.7 Å². The highest BCUT2D eigenvalue weighted by molar-refractivity contribution is 5.96. The number of aromatic nitrogens is 2. The molecule has 0 aliphatic rings. The first-order chi connectivity index (χ1) is 16.1. The van der Waals surface area contributed by atoms with Gasteiger partial charge in [-0.3, -0.25) is 9.78 Å². The van der Waals surface area contributed by atoms with Gasteiger partial charge in [-0.2, -0.15) is 13.2 Å². The third kappa shape index (κ3) is 6.58. The summed E-state index contributed by atoms with van der Waals surface area (Å²) in [6.07, 6.45) is 0.780. The van der Waals surface area contributed by atoms with Crippen LogP contribution in [0.15, 0.2) is 79.3 Å². The lowest BCUT2D eigenvalue weighted by atomic mass is 10.1. The Morgan fingerprint density at radius 1 is 0.971 bits per heavy atom. The Hall–Kier alpha value is -4.34. The van der Waals surface area contributed by atoms with Crippen LogP contribution in [0, 0.1) is 0 Å². The highest BCUT2D eigenvalue weighted by Crippen LogP contribution is 2.22. The summed E-state index contributed by atoms with van der Waals surface area (Å²) in [5, 5.41) is 14.5. The zero-order chi connectivity index (χ0) is 24.7. The lowest BCUT2D eigenvalue weighted by Crippen LogP contribution is -2.21. The molecule has 0 saturated heterocycles. The van der Waals surface area contributed by atoms with E-state index in [9.17, 15) is 18.0 Å². The maximum Gasteiger partial charge on any atom is 0.490 e. The molecule has 176 valence electrons. The summed E-state index contributed by atoms with van der Waals surface area (Å²) in [6.45, 7) is 0. The van der Waals surface area contributed by atoms with Crippen molar-refractivity contribution in [3.63, 3.8) is 0 Å². The number of carbonyl (C=O) groups is 2. The van der Waals surface area contributed by atoms with Gasteiger partial charge in [-0.25, -0.2) is 4.79 Å². The van der Waals surface area contributed by atoms with Crippen molar-refractivity contribution in [1.82, 2.24) is 9.55 Å². The molecule has 0 aliphatic carbocycles. The van der Waals surface area contributed by atoms with Crippen molar-refractivity contribution in [1.29, 1.82) is 0 Å². The molecule has 10 heteroatoms. The van der Waals surface area contributed by atoms with Gasteiger partial charge in [-0.05, 0) is 48.0 Å². The van der Waals surface area contributed by atoms with Gasteiger partial charge in [-0.1, -0.05) is 18.2 Å². The zero-order valence-corrected chi connectivity index (χ0v) is 18.0. The van der Waals surface area contributed by atoms with E-state index in [1.165, 1.54) is 0 Å². The SMILES string of the molecule is Cn1cc(CC(=O)Nc2ccc(Nc3cccnc3)cc2)c2ccccc21.O=C(O)C(F)(F)F. The summed E-state index contributed by atoms with van der Waals surface area (Å²) >= 11 is 0. The van der Waals surface area contributed by atoms with E-state index in [1.54, 1.807) is 12.4 Å². The minimum Gasteiger partial charge on any atom is -0.475 e. The standard InChI is InChI=1S/C22H20N4O.C2HF3O2/c1-26-15-16(20-6-2-3-7-21(20)26)13-22(27)25-18-10-8-17(9-11-18)24-19-5-4-12-23-14-19;3-2(4,5)1(6)7/h2-12,14-15,24H,13H2,1H3,(H,25,27);(H,6,7). The molecule has 4 aromatic rings. The largest absolute Gasteiger partial charge is 0.490 e. The fourth-order valence-corrected chi connectivity index (χ4v) is 3.18. The van der Waals surface area contributed by atoms with Crippen molar-refractivity contribution >= 4 is 39.8 Å². The minimum atomic E-state index is -5.08. The number of amides is 1. The van der Waals surface area contributed by atoms with E-state index in [0.717, 1.165) is 33.5 Å². The van der Waals surface area contributed by atoms with E-state index in [2.05, 4.69) is 32.3 Å². The summed E-state index contributed by atoms with van der Waals surface area (Å²) < 4.78 is 33.8. The second-order valence-corrected chi connectivity index (χ2v) is 7.25. The lowest BCUT2D eigenvalue weighted by Gasteiger charge is -2.08. The van der Waals surface area contributed by atoms with Crippen molar-refractivity contribution in [2.24, 2.45) is 7.05 Å². The number of pyridine rings is 1. The molecule has 0 unspecified atom stereocenters. The van der Waals surface area contributed by atoms with Gasteiger partial charge in [0.15, 0.2) is 0 Å². The highest BCUT2D eigenvalue weighted by Gasteiger charge is 2.38. The van der Waals surface area contributed by atoms with Crippen LogP contribution in [0.1, 0.15) is 5.56 Å². The van der Waals surface area contributed by atoms with Crippen LogP contribution in [0.2, 0.25) is 0 Å². The molecular weight excluding hydrogens is 449 g/mol. The Morgan fingerprint density at radius 3 is 2.24 bits per heavy atom. The van der Waals surface area contributed by atoms with Crippen LogP contribution in [0.4, 0.5) is 30.2 Å². The number of carboxylic acid groups (broad SMARTS) is 1. The summed E-state index contributed by atoms with van der Waals surface area (Å²) in [6, 6.07) is 19.6. The number of anilines is 3. The van der Waals surface area contributed by atoms with Gasteiger partial charge >= 0.3 is 12.1 Å². The van der Waals surface area contributed by atoms with Crippen LogP contribution in [0.5, 0.6) is 0 Å². The molecule has 0 aliphatic heterocycles. The normalized spacial score (nSPS) is 10.8. The van der Waals surface area contributed by atoms with Gasteiger partial charge in [0.2, 0.25) is 5.91 Å². The number of fused-ring (bicyclic) bond motifs is 1. The molecule has 1 amide bonds. The van der Waals surface area contributed by atoms with E-state index >= 15 is 0 Å². The number of para-hydroxylation sites is 1. The predicted molar refractivity (Wildman–Crippen MR) is 123 cm³/mol. The monoisotopic (exact) mass is 470 g/mol. The van der Waals surface area contributed by atoms with E-state index in [4.69, 9.17) is 9.90 Å². The average molecular weight is 470 g/mol. The fourth-order valence-electron chi connectivity index (χ4n) is 3.18. The van der Waals surface area contributed by atoms with E-state index in [-0.39, 0.29) is 5.91 Å². The molecule has 0 radical (unpaired) electrons. The summed E-state index contributed by atoms with van der Waals surface area (Å²) in [5.41, 5.74) is 4.80. The second kappa shape index (κ2) is 10.5. The van der Waals surface area contributed by atoms with E-state index < -0.39 is 12.1 Å². The Kier molecular flexibility index (Phi) is 7.52. The summed E-state index contributed by atoms with van der Waals surface area (Å²) in [5.74, 6) is -2.79. The van der Waals surface area contributed by atoms with Gasteiger partial charge < -0.3 is 20.3 Å². The summed E-state index contributed by atoms with van der Waals surface area (Å²) in [4.78, 5) is 25.4. The number of nitrogens with one attached hydrogen (secondary N) is 2. The average Bonchev–Trinajstić information content (AvgIpc) is 3.11. The zero-order valence-electron chi connectivity index (χ0n) is 18.0. The fraction of sp³-hybridized carbons (Fsp3) is 0.125. The molecule has 2 aromatic heterocycles. The smallest absolute Gasteiger partial charge is 0.475 e. The molecule has 7 nitrogen and oxygen atoms in total. The molecule has 0 bridgehead atoms. The van der Waals surface area contributed by atoms with Gasteiger partial charge in [0.1, 0.15) is 0 Å². The second-order valence-electron chi connectivity index (χ2n) is 7.25. The number of rotatable bonds is 5. The third-order valence-electron chi connectivity index (χ3n) is 4.69. The highest BCUT2D eigenvalue weighted by atomic mass is 19.4. The number of aliphatic carboxylic acids is 1. The molecule has 4 rings (SSSR count). The minimum absolute atomic E-state index is 0.0284. The maximum absolute atomic E-state index is 12.5. The van der Waals surface area contributed by atoms with Crippen molar-refractivity contribution in [2.45, 2.75) is 12.6 Å². The third-order valence-corrected chi connectivity index (χ3v) is 4.69. The lowest BCUT2D eigenvalue weighted by molar-refractivity contribution is -0.192. The predicted octanol–water partition coefficient (Wildman–Crippen LogP) is 5.13. The van der Waals surface area contributed by atoms with Crippen LogP contribution in [-0.2, 0) is 23.1 Å². The van der Waals surface area contributed by atoms with E-state index in [1.807, 2.05) is 61.8 Å². The number of hydrogen-bond acceptors (Lipinski definition) is 4. The maximum atomic E-state index is 12.5. The molecule has 0 spiro atoms. The number of hydrogen-bond donors (Lipinski definition) is 3. The van der Waals surface area contributed by atoms with Crippen LogP contribution in [0.25, 0.3) is 10.9 Å². The van der Waals surface area contributed by atoms with Gasteiger partial charge in [-0.15, -0.1) is 0 Å². The van der Waals surface area contributed by atoms with Crippen molar-refractivity contribution in [3.05, 3.63) is 84.8 Å². The molecule has 34 heavy (non-hydrogen) atoms. The molecule has 0 fully saturated rings. The first-order valence-corrected chi connectivity index (χ1v) is 10.0. The quantitative estimate of drug-likeness (QED) is 0.376. The van der Waals surface area contributed by atoms with Crippen LogP contribution < -0.4 is 10.6 Å². The number of alkyl halides is 3. The number of nitrogens with zero attached hydrogens (tertiary/aromatic N) is 2. The van der Waals surface area contributed by atoms with Gasteiger partial charge in [0.25, 0.3) is 0 Å². The van der Waals surface area contributed by atoms with E-state index in [0.29, 0.717) is 6.42 Å². The van der Waals surface area contributed by atoms with Crippen LogP contribution >= 0.6 is 0 Å². The first kappa shape index (κ1) is 24.3. The molecule has 0 atom stereocenters. The van der Waals surface area contributed by atoms with Crippen molar-refractivity contribution < 1.29 is 27.9 Å². The number of carbonyl (C=O) groups excluding carboxylic acids is 1. The molecule has 2 heterocycles. The number of benzene rings is 2. The van der Waals surface area contributed by atoms with Gasteiger partial charge in [0.05, 0.1) is 18.3 Å². The number of aryl methyl sites for hydroxylation is 1.